The average molecular weight is 242 g/mol. The second-order valence-electron chi connectivity index (χ2n) is 5.40. The number of nitrogens with zero attached hydrogens (tertiary/aromatic N) is 2. The zero-order chi connectivity index (χ0) is 13.1. The lowest BCUT2D eigenvalue weighted by molar-refractivity contribution is -0.135. The van der Waals surface area contributed by atoms with Gasteiger partial charge in [0.15, 0.2) is 0 Å². The largest absolute Gasteiger partial charge is 0.389 e. The summed E-state index contributed by atoms with van der Waals surface area (Å²) in [7, 11) is 1.81. The molecule has 0 saturated carbocycles. The van der Waals surface area contributed by atoms with E-state index in [0.29, 0.717) is 32.5 Å². The molecule has 1 N–H and O–H groups in total. The van der Waals surface area contributed by atoms with Gasteiger partial charge in [-0.1, -0.05) is 0 Å². The van der Waals surface area contributed by atoms with Crippen LogP contribution >= 0.6 is 0 Å². The minimum absolute atomic E-state index is 0.0317. The third kappa shape index (κ3) is 5.28. The van der Waals surface area contributed by atoms with Gasteiger partial charge < -0.3 is 10.0 Å². The highest BCUT2D eigenvalue weighted by Gasteiger charge is 2.23. The van der Waals surface area contributed by atoms with E-state index >= 15 is 0 Å². The van der Waals surface area contributed by atoms with E-state index < -0.39 is 5.60 Å². The molecule has 1 rings (SSSR count). The minimum atomic E-state index is -0.799. The Labute approximate surface area is 102 Å². The number of aliphatic hydroxyl groups is 1. The van der Waals surface area contributed by atoms with E-state index in [1.54, 1.807) is 23.6 Å². The summed E-state index contributed by atoms with van der Waals surface area (Å²) in [5.74, 6) is 0.267. The predicted molar refractivity (Wildman–Crippen MR) is 64.6 cm³/mol. The molecule has 5 nitrogen and oxygen atoms in total. The Morgan fingerprint density at radius 3 is 2.41 bits per heavy atom. The van der Waals surface area contributed by atoms with Crippen LogP contribution in [0.3, 0.4) is 0 Å². The maximum atomic E-state index is 11.9. The van der Waals surface area contributed by atoms with Crippen molar-refractivity contribution >= 4 is 11.7 Å². The molecule has 1 heterocycles. The summed E-state index contributed by atoms with van der Waals surface area (Å²) in [6, 6.07) is 0. The lowest BCUT2D eigenvalue weighted by atomic mass is 10.1. The lowest BCUT2D eigenvalue weighted by Crippen LogP contribution is -2.46. The number of carbonyl (C=O) groups excluding carboxylic acids is 2. The number of likely N-dealkylation sites (tertiary alicyclic amines) is 1. The Bertz CT molecular complexity index is 287. The monoisotopic (exact) mass is 242 g/mol. The molecule has 0 unspecified atom stereocenters. The molecule has 98 valence electrons. The van der Waals surface area contributed by atoms with Crippen molar-refractivity contribution in [2.45, 2.75) is 32.3 Å². The smallest absolute Gasteiger partial charge is 0.236 e. The number of likely N-dealkylation sites (N-methyl/N-ethyl adjacent to an activating group) is 1. The average Bonchev–Trinajstić information content (AvgIpc) is 2.15. The van der Waals surface area contributed by atoms with Gasteiger partial charge in [-0.05, 0) is 20.9 Å². The summed E-state index contributed by atoms with van der Waals surface area (Å²) < 4.78 is 0. The molecule has 0 aromatic rings. The van der Waals surface area contributed by atoms with E-state index in [0.717, 1.165) is 0 Å². The lowest BCUT2D eigenvalue weighted by Gasteiger charge is -2.30. The van der Waals surface area contributed by atoms with Crippen LogP contribution in [0.4, 0.5) is 0 Å². The maximum Gasteiger partial charge on any atom is 0.236 e. The number of hydrogen-bond acceptors (Lipinski definition) is 4. The van der Waals surface area contributed by atoms with Gasteiger partial charge in [-0.15, -0.1) is 0 Å². The predicted octanol–water partition coefficient (Wildman–Crippen LogP) is -0.119. The Balaban J connectivity index is 2.36. The van der Waals surface area contributed by atoms with Gasteiger partial charge in [-0.3, -0.25) is 14.5 Å². The van der Waals surface area contributed by atoms with Crippen LogP contribution in [0.1, 0.15) is 26.7 Å². The Kier molecular flexibility index (Phi) is 4.65. The Hall–Kier alpha value is -0.940. The van der Waals surface area contributed by atoms with Gasteiger partial charge >= 0.3 is 0 Å². The number of amides is 1. The quantitative estimate of drug-likeness (QED) is 0.746. The van der Waals surface area contributed by atoms with Crippen LogP contribution in [0.2, 0.25) is 0 Å². The minimum Gasteiger partial charge on any atom is -0.389 e. The molecule has 0 aromatic carbocycles. The normalized spacial score (nSPS) is 17.7. The first-order valence-corrected chi connectivity index (χ1v) is 5.98. The van der Waals surface area contributed by atoms with E-state index in [4.69, 9.17) is 0 Å². The molecule has 0 radical (unpaired) electrons. The summed E-state index contributed by atoms with van der Waals surface area (Å²) in [5, 5.41) is 9.63. The number of hydrogen-bond donors (Lipinski definition) is 1. The number of rotatable bonds is 4. The zero-order valence-corrected chi connectivity index (χ0v) is 10.9. The second-order valence-corrected chi connectivity index (χ2v) is 5.40. The molecule has 0 atom stereocenters. The SMILES string of the molecule is CN(CC(=O)N1CCC(=O)CC1)CC(C)(C)O. The van der Waals surface area contributed by atoms with Crippen LogP contribution in [0.5, 0.6) is 0 Å². The number of carbonyl (C=O) groups is 2. The van der Waals surface area contributed by atoms with Crippen molar-refractivity contribution in [3.8, 4) is 0 Å². The molecular weight excluding hydrogens is 220 g/mol. The van der Waals surface area contributed by atoms with E-state index in [-0.39, 0.29) is 18.2 Å². The van der Waals surface area contributed by atoms with Crippen molar-refractivity contribution in [2.24, 2.45) is 0 Å². The number of Topliss-reactive ketones (excluding diaryl/α,β-unsaturated/α-hetero) is 1. The first kappa shape index (κ1) is 14.1. The molecule has 0 bridgehead atoms. The second kappa shape index (κ2) is 5.60. The molecule has 0 aromatic heterocycles. The first-order chi connectivity index (χ1) is 7.78. The van der Waals surface area contributed by atoms with Crippen LogP contribution in [-0.2, 0) is 9.59 Å². The van der Waals surface area contributed by atoms with Gasteiger partial charge in [0, 0.05) is 32.5 Å². The third-order valence-corrected chi connectivity index (χ3v) is 2.74. The van der Waals surface area contributed by atoms with Crippen LogP contribution in [0, 0.1) is 0 Å². The van der Waals surface area contributed by atoms with Crippen molar-refractivity contribution in [1.29, 1.82) is 0 Å². The fraction of sp³-hybridized carbons (Fsp3) is 0.833. The number of ketones is 1. The van der Waals surface area contributed by atoms with Crippen LogP contribution < -0.4 is 0 Å². The van der Waals surface area contributed by atoms with Crippen molar-refractivity contribution < 1.29 is 14.7 Å². The highest BCUT2D eigenvalue weighted by Crippen LogP contribution is 2.08. The molecule has 0 spiro atoms. The summed E-state index contributed by atoms with van der Waals surface area (Å²) in [5.41, 5.74) is -0.799. The van der Waals surface area contributed by atoms with Gasteiger partial charge in [-0.2, -0.15) is 0 Å². The summed E-state index contributed by atoms with van der Waals surface area (Å²) >= 11 is 0. The van der Waals surface area contributed by atoms with Crippen molar-refractivity contribution in [1.82, 2.24) is 9.80 Å². The highest BCUT2D eigenvalue weighted by molar-refractivity contribution is 5.84. The van der Waals surface area contributed by atoms with Gasteiger partial charge in [0.25, 0.3) is 0 Å². The first-order valence-electron chi connectivity index (χ1n) is 5.98. The molecule has 17 heavy (non-hydrogen) atoms. The summed E-state index contributed by atoms with van der Waals surface area (Å²) in [4.78, 5) is 26.5. The molecule has 1 saturated heterocycles. The zero-order valence-electron chi connectivity index (χ0n) is 10.9. The third-order valence-electron chi connectivity index (χ3n) is 2.74. The van der Waals surface area contributed by atoms with Crippen molar-refractivity contribution in [2.75, 3.05) is 33.2 Å². The fourth-order valence-electron chi connectivity index (χ4n) is 2.05. The van der Waals surface area contributed by atoms with E-state index in [9.17, 15) is 14.7 Å². The molecule has 1 aliphatic heterocycles. The van der Waals surface area contributed by atoms with Gasteiger partial charge in [-0.25, -0.2) is 0 Å². The van der Waals surface area contributed by atoms with Crippen molar-refractivity contribution in [3.63, 3.8) is 0 Å². The Morgan fingerprint density at radius 2 is 1.94 bits per heavy atom. The van der Waals surface area contributed by atoms with E-state index in [1.807, 2.05) is 7.05 Å². The van der Waals surface area contributed by atoms with Gasteiger partial charge in [0.05, 0.1) is 12.1 Å². The van der Waals surface area contributed by atoms with Gasteiger partial charge in [0.1, 0.15) is 5.78 Å². The van der Waals surface area contributed by atoms with Gasteiger partial charge in [0.2, 0.25) is 5.91 Å². The molecule has 0 aliphatic carbocycles. The standard InChI is InChI=1S/C12H22N2O3/c1-12(2,17)9-13(3)8-11(16)14-6-4-10(15)5-7-14/h17H,4-9H2,1-3H3. The van der Waals surface area contributed by atoms with Crippen LogP contribution in [-0.4, -0.2) is 65.4 Å². The van der Waals surface area contributed by atoms with Crippen molar-refractivity contribution in [3.05, 3.63) is 0 Å². The summed E-state index contributed by atoms with van der Waals surface area (Å²) in [6.07, 6.45) is 0.946. The van der Waals surface area contributed by atoms with E-state index in [1.165, 1.54) is 0 Å². The highest BCUT2D eigenvalue weighted by atomic mass is 16.3. The number of piperidine rings is 1. The molecule has 1 fully saturated rings. The molecule has 1 amide bonds. The Morgan fingerprint density at radius 1 is 1.41 bits per heavy atom. The molecule has 1 aliphatic rings. The molecule has 5 heteroatoms. The maximum absolute atomic E-state index is 11.9. The van der Waals surface area contributed by atoms with Crippen LogP contribution in [0.25, 0.3) is 0 Å². The van der Waals surface area contributed by atoms with Crippen LogP contribution in [0.15, 0.2) is 0 Å². The topological polar surface area (TPSA) is 60.9 Å². The van der Waals surface area contributed by atoms with E-state index in [2.05, 4.69) is 0 Å². The fourth-order valence-corrected chi connectivity index (χ4v) is 2.05. The summed E-state index contributed by atoms with van der Waals surface area (Å²) in [6.45, 7) is 5.24. The molecular formula is C12H22N2O3.